The van der Waals surface area contributed by atoms with E-state index in [4.69, 9.17) is 28.4 Å². The molecule has 3 saturated heterocycles. The summed E-state index contributed by atoms with van der Waals surface area (Å²) < 4.78 is 39.9. The molecule has 0 radical (unpaired) electrons. The van der Waals surface area contributed by atoms with Crippen molar-refractivity contribution in [2.75, 3.05) is 32.9 Å². The molecule has 5 fully saturated rings. The van der Waals surface area contributed by atoms with Crippen molar-refractivity contribution in [2.45, 2.75) is 210 Å². The van der Waals surface area contributed by atoms with Crippen LogP contribution in [0.25, 0.3) is 0 Å². The van der Waals surface area contributed by atoms with Gasteiger partial charge in [-0.1, -0.05) is 64.0 Å². The first-order chi connectivity index (χ1) is 31.3. The number of unbranched alkanes of at least 4 members (excludes halogenated alkanes) is 1. The van der Waals surface area contributed by atoms with Gasteiger partial charge in [0.05, 0.1) is 37.2 Å². The van der Waals surface area contributed by atoms with E-state index in [1.54, 1.807) is 11.8 Å². The van der Waals surface area contributed by atoms with E-state index in [9.17, 15) is 39.9 Å². The highest BCUT2D eigenvalue weighted by atomic mass is 16.7. The van der Waals surface area contributed by atoms with Crippen LogP contribution in [0.1, 0.15) is 123 Å². The first-order valence-electron chi connectivity index (χ1n) is 24.5. The van der Waals surface area contributed by atoms with E-state index in [0.717, 1.165) is 63.6 Å². The van der Waals surface area contributed by atoms with Crippen LogP contribution in [0.15, 0.2) is 6.20 Å². The summed E-state index contributed by atoms with van der Waals surface area (Å²) in [6.45, 7) is 9.14. The number of hydrogen-bond donors (Lipinski definition) is 6. The van der Waals surface area contributed by atoms with Gasteiger partial charge >= 0.3 is 0 Å². The van der Waals surface area contributed by atoms with Gasteiger partial charge in [-0.05, 0) is 57.3 Å². The number of aromatic nitrogens is 3. The standard InChI is InChI=1S/C46H77N5O14/c1-5-7-19-51-25-32(48-49-51)16-21-60-20-11-15-33(54)31-23-30(6-2)42(65-46-41(58)40(57)38(55)27(3)61-46)34(24-31)63-45-37(47-28(4)53)43(39(56)36(26-52)64-45)62-35(44(59)50-17-12-18-50)22-29-13-9-8-10-14-29/h25,27,29-31,34-43,45-46,52,55-58H,5-24,26H2,1-4H3,(H,47,53)/t27?,30?,31?,34-,35+,36+,37?,38-,39+,40+,41?,42-,43?,45-,46+/m1/s1. The normalized spacial score (nSPS) is 35.1. The van der Waals surface area contributed by atoms with Crippen LogP contribution in [0.3, 0.4) is 0 Å². The Morgan fingerprint density at radius 2 is 1.68 bits per heavy atom. The summed E-state index contributed by atoms with van der Waals surface area (Å²) in [4.78, 5) is 42.7. The number of hydrogen-bond acceptors (Lipinski definition) is 16. The number of aryl methyl sites for hydroxylation is 1. The average Bonchev–Trinajstić information content (AvgIpc) is 3.74. The summed E-state index contributed by atoms with van der Waals surface area (Å²) >= 11 is 0. The minimum Gasteiger partial charge on any atom is -0.394 e. The summed E-state index contributed by atoms with van der Waals surface area (Å²) in [5.41, 5.74) is 0.846. The molecule has 2 aliphatic carbocycles. The molecule has 1 aromatic rings. The number of rotatable bonds is 23. The largest absolute Gasteiger partial charge is 0.394 e. The van der Waals surface area contributed by atoms with Gasteiger partial charge in [-0.2, -0.15) is 0 Å². The number of aliphatic hydroxyl groups excluding tert-OH is 5. The van der Waals surface area contributed by atoms with E-state index in [1.807, 2.05) is 17.8 Å². The number of aliphatic hydroxyl groups is 5. The van der Waals surface area contributed by atoms with Gasteiger partial charge in [0.25, 0.3) is 5.91 Å². The van der Waals surface area contributed by atoms with Crippen molar-refractivity contribution in [2.24, 2.45) is 17.8 Å². The lowest BCUT2D eigenvalue weighted by atomic mass is 9.74. The molecule has 6 unspecified atom stereocenters. The molecule has 65 heavy (non-hydrogen) atoms. The van der Waals surface area contributed by atoms with Crippen molar-refractivity contribution in [3.05, 3.63) is 11.9 Å². The second kappa shape index (κ2) is 25.1. The van der Waals surface area contributed by atoms with E-state index >= 15 is 0 Å². The Bertz CT molecular complexity index is 1630. The van der Waals surface area contributed by atoms with Crippen LogP contribution in [0.4, 0.5) is 0 Å². The smallest absolute Gasteiger partial charge is 0.251 e. The van der Waals surface area contributed by atoms with Crippen molar-refractivity contribution < 1.29 is 68.3 Å². The molecule has 370 valence electrons. The molecule has 0 spiro atoms. The third-order valence-electron chi connectivity index (χ3n) is 14.1. The highest BCUT2D eigenvalue weighted by Gasteiger charge is 2.53. The first-order valence-corrected chi connectivity index (χ1v) is 24.5. The second-order valence-corrected chi connectivity index (χ2v) is 19.0. The molecule has 0 aromatic carbocycles. The highest BCUT2D eigenvalue weighted by molar-refractivity contribution is 5.82. The fourth-order valence-electron chi connectivity index (χ4n) is 10.1. The molecule has 4 heterocycles. The minimum absolute atomic E-state index is 0.00184. The van der Waals surface area contributed by atoms with Crippen LogP contribution >= 0.6 is 0 Å². The number of nitrogens with zero attached hydrogens (tertiary/aromatic N) is 4. The molecule has 5 aliphatic rings. The number of likely N-dealkylation sites (tertiary alicyclic amines) is 1. The van der Waals surface area contributed by atoms with Crippen molar-refractivity contribution >= 4 is 17.6 Å². The SMILES string of the molecule is CCCCn1cc(CCOCCCC(=O)C2CC(CC)[C@@H](O[C@@H]3OC(C)[C@@H](O)[C@H](O)C3O)[C@H](O[C@@H]3O[C@@H](CO)[C@H](O)C(O[C@@H](CC4CCCCC4)C(=O)N4CCC4)C3NC(C)=O)C2)nn1. The van der Waals surface area contributed by atoms with Crippen molar-refractivity contribution in [3.63, 3.8) is 0 Å². The van der Waals surface area contributed by atoms with E-state index in [2.05, 4.69) is 22.6 Å². The number of Topliss-reactive ketones (excluding diaryl/α,β-unsaturated/α-hetero) is 1. The van der Waals surface area contributed by atoms with Crippen LogP contribution < -0.4 is 5.32 Å². The van der Waals surface area contributed by atoms with Crippen molar-refractivity contribution in [1.29, 1.82) is 0 Å². The molecule has 1 aromatic heterocycles. The molecule has 19 heteroatoms. The molecule has 15 atom stereocenters. The van der Waals surface area contributed by atoms with E-state index in [1.165, 1.54) is 6.92 Å². The lowest BCUT2D eigenvalue weighted by Crippen LogP contribution is -2.67. The fourth-order valence-corrected chi connectivity index (χ4v) is 10.1. The van der Waals surface area contributed by atoms with E-state index in [-0.39, 0.29) is 36.4 Å². The van der Waals surface area contributed by atoms with Crippen LogP contribution in [0.2, 0.25) is 0 Å². The number of ether oxygens (including phenoxy) is 6. The summed E-state index contributed by atoms with van der Waals surface area (Å²) in [7, 11) is 0. The second-order valence-electron chi connectivity index (χ2n) is 19.0. The Morgan fingerprint density at radius 1 is 0.908 bits per heavy atom. The average molecular weight is 924 g/mol. The van der Waals surface area contributed by atoms with Crippen LogP contribution in [-0.2, 0) is 55.8 Å². The number of nitrogens with one attached hydrogen (secondary N) is 1. The maximum Gasteiger partial charge on any atom is 0.251 e. The Labute approximate surface area is 383 Å². The molecule has 6 N–H and O–H groups in total. The Balaban J connectivity index is 1.20. The van der Waals surface area contributed by atoms with Gasteiger partial charge in [-0.15, -0.1) is 5.10 Å². The maximum atomic E-state index is 14.0. The lowest BCUT2D eigenvalue weighted by Gasteiger charge is -2.49. The third kappa shape index (κ3) is 13.7. The Kier molecular flexibility index (Phi) is 19.9. The Hall–Kier alpha value is -2.69. The van der Waals surface area contributed by atoms with Gasteiger partial charge in [0, 0.05) is 58.1 Å². The van der Waals surface area contributed by atoms with Crippen LogP contribution in [0, 0.1) is 17.8 Å². The minimum atomic E-state index is -1.61. The van der Waals surface area contributed by atoms with Crippen LogP contribution in [-0.4, -0.2) is 176 Å². The zero-order valence-electron chi connectivity index (χ0n) is 38.9. The van der Waals surface area contributed by atoms with Gasteiger partial charge in [0.2, 0.25) is 5.91 Å². The molecule has 0 bridgehead atoms. The zero-order valence-corrected chi connectivity index (χ0v) is 38.9. The predicted molar refractivity (Wildman–Crippen MR) is 233 cm³/mol. The molecule has 6 rings (SSSR count). The summed E-state index contributed by atoms with van der Waals surface area (Å²) in [6, 6.07) is -1.17. The van der Waals surface area contributed by atoms with E-state index in [0.29, 0.717) is 58.4 Å². The molecule has 2 amide bonds. The molecular weight excluding hydrogens is 847 g/mol. The summed E-state index contributed by atoms with van der Waals surface area (Å²) in [5, 5.41) is 65.8. The van der Waals surface area contributed by atoms with Crippen molar-refractivity contribution in [3.8, 4) is 0 Å². The monoisotopic (exact) mass is 924 g/mol. The summed E-state index contributed by atoms with van der Waals surface area (Å²) in [5.74, 6) is -1.24. The zero-order chi connectivity index (χ0) is 46.6. The molecule has 19 nitrogen and oxygen atoms in total. The van der Waals surface area contributed by atoms with Crippen LogP contribution in [0.5, 0.6) is 0 Å². The van der Waals surface area contributed by atoms with Gasteiger partial charge in [-0.25, -0.2) is 0 Å². The molecule has 2 saturated carbocycles. The predicted octanol–water partition coefficient (Wildman–Crippen LogP) is 1.56. The number of amides is 2. The third-order valence-corrected chi connectivity index (χ3v) is 14.1. The van der Waals surface area contributed by atoms with E-state index < -0.39 is 98.1 Å². The number of carbonyl (C=O) groups is 3. The molecule has 3 aliphatic heterocycles. The van der Waals surface area contributed by atoms with Gasteiger partial charge in [0.1, 0.15) is 54.6 Å². The number of carbonyl (C=O) groups excluding carboxylic acids is 3. The van der Waals surface area contributed by atoms with Crippen molar-refractivity contribution in [1.82, 2.24) is 25.2 Å². The quantitative estimate of drug-likeness (QED) is 0.0852. The Morgan fingerprint density at radius 3 is 2.35 bits per heavy atom. The lowest BCUT2D eigenvalue weighted by molar-refractivity contribution is -0.338. The highest BCUT2D eigenvalue weighted by Crippen LogP contribution is 2.41. The van der Waals surface area contributed by atoms with Gasteiger partial charge in [-0.3, -0.25) is 19.1 Å². The number of ketones is 1. The summed E-state index contributed by atoms with van der Waals surface area (Å²) in [6.07, 6.45) is -1.88. The maximum absolute atomic E-state index is 14.0. The van der Waals surface area contributed by atoms with Gasteiger partial charge < -0.3 is 64.2 Å². The first kappa shape index (κ1) is 51.7. The molecular formula is C46H77N5O14. The van der Waals surface area contributed by atoms with Gasteiger partial charge in [0.15, 0.2) is 12.6 Å². The topological polar surface area (TPSA) is 254 Å². The fraction of sp³-hybridized carbons (Fsp3) is 0.891.